The molecule has 0 aliphatic carbocycles. The molecule has 2 aromatic rings. The first kappa shape index (κ1) is 15.3. The second-order valence-corrected chi connectivity index (χ2v) is 4.69. The van der Waals surface area contributed by atoms with Gasteiger partial charge in [-0.15, -0.1) is 0 Å². The van der Waals surface area contributed by atoms with E-state index in [-0.39, 0.29) is 6.61 Å². The molecule has 0 bridgehead atoms. The highest BCUT2D eigenvalue weighted by Gasteiger charge is 2.13. The summed E-state index contributed by atoms with van der Waals surface area (Å²) in [7, 11) is 1.84. The molecular formula is C16H21N3O2. The summed E-state index contributed by atoms with van der Waals surface area (Å²) >= 11 is 0. The minimum absolute atomic E-state index is 0.0910. The number of benzene rings is 1. The van der Waals surface area contributed by atoms with Crippen LogP contribution in [0.3, 0.4) is 0 Å². The van der Waals surface area contributed by atoms with Crippen LogP contribution < -0.4 is 10.1 Å². The van der Waals surface area contributed by atoms with E-state index in [9.17, 15) is 0 Å². The van der Waals surface area contributed by atoms with E-state index in [4.69, 9.17) is 9.84 Å². The number of hydrogen-bond donors (Lipinski definition) is 2. The molecular weight excluding hydrogens is 266 g/mol. The van der Waals surface area contributed by atoms with E-state index < -0.39 is 0 Å². The van der Waals surface area contributed by atoms with Crippen molar-refractivity contribution in [3.05, 3.63) is 41.7 Å². The first-order valence-corrected chi connectivity index (χ1v) is 7.18. The predicted octanol–water partition coefficient (Wildman–Crippen LogP) is 2.80. The average molecular weight is 287 g/mol. The first-order chi connectivity index (χ1) is 10.3. The largest absolute Gasteiger partial charge is 0.438 e. The van der Waals surface area contributed by atoms with Gasteiger partial charge in [0.1, 0.15) is 17.9 Å². The third kappa shape index (κ3) is 3.70. The van der Waals surface area contributed by atoms with Crippen molar-refractivity contribution in [2.45, 2.75) is 26.2 Å². The molecule has 0 spiro atoms. The van der Waals surface area contributed by atoms with Gasteiger partial charge in [-0.05, 0) is 24.5 Å². The fraction of sp³-hybridized carbons (Fsp3) is 0.375. The van der Waals surface area contributed by atoms with Crippen LogP contribution in [0.1, 0.15) is 24.5 Å². The number of aromatic nitrogens is 2. The standard InChI is InChI=1S/C16H21N3O2/c1-3-6-13-15(17-2)18-11-19-16(13)21-14-8-5-4-7-12(14)9-10-20/h4-5,7-8,11,20H,3,6,9-10H2,1-2H3,(H,17,18,19). The molecule has 0 radical (unpaired) electrons. The van der Waals surface area contributed by atoms with Crippen LogP contribution in [-0.4, -0.2) is 28.7 Å². The van der Waals surface area contributed by atoms with Gasteiger partial charge in [-0.1, -0.05) is 31.5 Å². The highest BCUT2D eigenvalue weighted by atomic mass is 16.5. The number of nitrogens with one attached hydrogen (secondary N) is 1. The molecule has 2 N–H and O–H groups in total. The summed E-state index contributed by atoms with van der Waals surface area (Å²) in [6, 6.07) is 7.69. The minimum atomic E-state index is 0.0910. The molecule has 21 heavy (non-hydrogen) atoms. The van der Waals surface area contributed by atoms with Gasteiger partial charge in [0.05, 0.1) is 5.56 Å². The lowest BCUT2D eigenvalue weighted by molar-refractivity contribution is 0.297. The van der Waals surface area contributed by atoms with E-state index in [0.717, 1.165) is 35.5 Å². The molecule has 1 aromatic carbocycles. The summed E-state index contributed by atoms with van der Waals surface area (Å²) < 4.78 is 5.99. The fourth-order valence-corrected chi connectivity index (χ4v) is 2.21. The van der Waals surface area contributed by atoms with Gasteiger partial charge in [0.15, 0.2) is 0 Å². The third-order valence-electron chi connectivity index (χ3n) is 3.20. The molecule has 0 fully saturated rings. The summed E-state index contributed by atoms with van der Waals surface area (Å²) in [6.45, 7) is 2.20. The lowest BCUT2D eigenvalue weighted by atomic mass is 10.1. The Kier molecular flexibility index (Phi) is 5.51. The molecule has 2 rings (SSSR count). The predicted molar refractivity (Wildman–Crippen MR) is 82.9 cm³/mol. The van der Waals surface area contributed by atoms with E-state index in [1.807, 2.05) is 31.3 Å². The zero-order valence-electron chi connectivity index (χ0n) is 12.5. The normalized spacial score (nSPS) is 10.4. The van der Waals surface area contributed by atoms with Gasteiger partial charge >= 0.3 is 0 Å². The topological polar surface area (TPSA) is 67.3 Å². The molecule has 0 aliphatic rings. The molecule has 112 valence electrons. The number of nitrogens with zero attached hydrogens (tertiary/aromatic N) is 2. The van der Waals surface area contributed by atoms with E-state index in [1.165, 1.54) is 6.33 Å². The van der Waals surface area contributed by atoms with Gasteiger partial charge in [0, 0.05) is 13.7 Å². The Labute approximate surface area is 125 Å². The number of aliphatic hydroxyl groups is 1. The number of ether oxygens (including phenoxy) is 1. The summed E-state index contributed by atoms with van der Waals surface area (Å²) in [6.07, 6.45) is 3.88. The summed E-state index contributed by atoms with van der Waals surface area (Å²) in [4.78, 5) is 8.50. The highest BCUT2D eigenvalue weighted by Crippen LogP contribution is 2.30. The fourth-order valence-electron chi connectivity index (χ4n) is 2.21. The van der Waals surface area contributed by atoms with Crippen LogP contribution in [-0.2, 0) is 12.8 Å². The Morgan fingerprint density at radius 3 is 2.71 bits per heavy atom. The molecule has 1 heterocycles. The van der Waals surface area contributed by atoms with E-state index in [2.05, 4.69) is 22.2 Å². The lowest BCUT2D eigenvalue weighted by Crippen LogP contribution is -2.04. The molecule has 0 atom stereocenters. The lowest BCUT2D eigenvalue weighted by Gasteiger charge is -2.14. The Morgan fingerprint density at radius 2 is 2.00 bits per heavy atom. The number of anilines is 1. The molecule has 0 saturated heterocycles. The van der Waals surface area contributed by atoms with Crippen LogP contribution in [0.2, 0.25) is 0 Å². The molecule has 1 aromatic heterocycles. The monoisotopic (exact) mass is 287 g/mol. The summed E-state index contributed by atoms with van der Waals surface area (Å²) in [5.74, 6) is 2.09. The maximum Gasteiger partial charge on any atom is 0.227 e. The van der Waals surface area contributed by atoms with Gasteiger partial charge in [-0.3, -0.25) is 0 Å². The van der Waals surface area contributed by atoms with E-state index in [1.54, 1.807) is 0 Å². The minimum Gasteiger partial charge on any atom is -0.438 e. The zero-order valence-corrected chi connectivity index (χ0v) is 12.5. The summed E-state index contributed by atoms with van der Waals surface area (Å²) in [5, 5.41) is 12.2. The first-order valence-electron chi connectivity index (χ1n) is 7.18. The van der Waals surface area contributed by atoms with Gasteiger partial charge in [-0.25, -0.2) is 9.97 Å². The maximum atomic E-state index is 9.14. The Balaban J connectivity index is 2.35. The van der Waals surface area contributed by atoms with Crippen molar-refractivity contribution >= 4 is 5.82 Å². The average Bonchev–Trinajstić information content (AvgIpc) is 2.51. The van der Waals surface area contributed by atoms with E-state index >= 15 is 0 Å². The van der Waals surface area contributed by atoms with E-state index in [0.29, 0.717) is 12.3 Å². The van der Waals surface area contributed by atoms with Crippen LogP contribution in [0.5, 0.6) is 11.6 Å². The molecule has 5 nitrogen and oxygen atoms in total. The Hall–Kier alpha value is -2.14. The maximum absolute atomic E-state index is 9.14. The number of aliphatic hydroxyl groups excluding tert-OH is 1. The van der Waals surface area contributed by atoms with Gasteiger partial charge in [-0.2, -0.15) is 0 Å². The van der Waals surface area contributed by atoms with Crippen molar-refractivity contribution in [1.82, 2.24) is 9.97 Å². The third-order valence-corrected chi connectivity index (χ3v) is 3.20. The van der Waals surface area contributed by atoms with Crippen molar-refractivity contribution in [2.24, 2.45) is 0 Å². The molecule has 0 aliphatic heterocycles. The van der Waals surface area contributed by atoms with Crippen molar-refractivity contribution in [3.8, 4) is 11.6 Å². The Bertz CT molecular complexity index is 587. The van der Waals surface area contributed by atoms with Gasteiger partial charge in [0.25, 0.3) is 0 Å². The van der Waals surface area contributed by atoms with Gasteiger partial charge in [0.2, 0.25) is 5.88 Å². The van der Waals surface area contributed by atoms with Crippen LogP contribution in [0.15, 0.2) is 30.6 Å². The van der Waals surface area contributed by atoms with Crippen LogP contribution in [0, 0.1) is 0 Å². The van der Waals surface area contributed by atoms with Crippen LogP contribution >= 0.6 is 0 Å². The van der Waals surface area contributed by atoms with Crippen molar-refractivity contribution in [1.29, 1.82) is 0 Å². The quantitative estimate of drug-likeness (QED) is 0.819. The second-order valence-electron chi connectivity index (χ2n) is 4.69. The number of hydrogen-bond acceptors (Lipinski definition) is 5. The molecule has 0 saturated carbocycles. The smallest absolute Gasteiger partial charge is 0.227 e. The molecule has 0 amide bonds. The number of para-hydroxylation sites is 1. The highest BCUT2D eigenvalue weighted by molar-refractivity contribution is 5.50. The van der Waals surface area contributed by atoms with Crippen molar-refractivity contribution in [2.75, 3.05) is 19.0 Å². The zero-order chi connectivity index (χ0) is 15.1. The number of rotatable bonds is 7. The summed E-state index contributed by atoms with van der Waals surface area (Å²) in [5.41, 5.74) is 1.94. The van der Waals surface area contributed by atoms with Gasteiger partial charge < -0.3 is 15.2 Å². The van der Waals surface area contributed by atoms with Crippen LogP contribution in [0.25, 0.3) is 0 Å². The second kappa shape index (κ2) is 7.59. The van der Waals surface area contributed by atoms with Crippen molar-refractivity contribution in [3.63, 3.8) is 0 Å². The van der Waals surface area contributed by atoms with Crippen LogP contribution in [0.4, 0.5) is 5.82 Å². The Morgan fingerprint density at radius 1 is 1.19 bits per heavy atom. The molecule has 5 heteroatoms. The molecule has 0 unspecified atom stereocenters. The van der Waals surface area contributed by atoms with Crippen molar-refractivity contribution < 1.29 is 9.84 Å². The SMILES string of the molecule is CCCc1c(NC)ncnc1Oc1ccccc1CCO.